The first kappa shape index (κ1) is 21.3. The number of benzene rings is 1. The Morgan fingerprint density at radius 1 is 1.10 bits per heavy atom. The maximum absolute atomic E-state index is 12.2. The normalized spacial score (nSPS) is 14.6. The van der Waals surface area contributed by atoms with Gasteiger partial charge in [0, 0.05) is 25.8 Å². The van der Waals surface area contributed by atoms with Crippen molar-refractivity contribution in [3.63, 3.8) is 0 Å². The molecule has 8 heteroatoms. The van der Waals surface area contributed by atoms with E-state index < -0.39 is 21.5 Å². The fraction of sp³-hybridized carbons (Fsp3) is 0.429. The van der Waals surface area contributed by atoms with Crippen LogP contribution in [0.3, 0.4) is 0 Å². The molecule has 0 saturated carbocycles. The van der Waals surface area contributed by atoms with Crippen LogP contribution in [0, 0.1) is 0 Å². The van der Waals surface area contributed by atoms with Gasteiger partial charge in [0.05, 0.1) is 19.0 Å². The standard InChI is InChI=1S/C21H27N3O4S/c25-21(17-29(26,27)14-4-7-18-5-2-1-3-6-18)23-16-19-8-9-22-20(15-19)24-10-12-28-13-11-24/h1-3,5-6,8-9,15H,4,7,10-14,16-17H2,(H,23,25). The molecule has 156 valence electrons. The Morgan fingerprint density at radius 3 is 2.62 bits per heavy atom. The van der Waals surface area contributed by atoms with Gasteiger partial charge in [-0.15, -0.1) is 0 Å². The van der Waals surface area contributed by atoms with Crippen LogP contribution in [-0.4, -0.2) is 57.1 Å². The number of nitrogens with zero attached hydrogens (tertiary/aromatic N) is 2. The summed E-state index contributed by atoms with van der Waals surface area (Å²) in [5.41, 5.74) is 1.98. The van der Waals surface area contributed by atoms with Crippen LogP contribution < -0.4 is 10.2 Å². The van der Waals surface area contributed by atoms with Crippen molar-refractivity contribution in [2.45, 2.75) is 19.4 Å². The van der Waals surface area contributed by atoms with Crippen LogP contribution >= 0.6 is 0 Å². The number of ether oxygens (including phenoxy) is 1. The van der Waals surface area contributed by atoms with E-state index in [9.17, 15) is 13.2 Å². The van der Waals surface area contributed by atoms with E-state index in [1.165, 1.54) is 0 Å². The van der Waals surface area contributed by atoms with Crippen LogP contribution in [0.25, 0.3) is 0 Å². The molecule has 1 saturated heterocycles. The summed E-state index contributed by atoms with van der Waals surface area (Å²) in [5.74, 6) is -0.113. The molecule has 0 spiro atoms. The highest BCUT2D eigenvalue weighted by Crippen LogP contribution is 2.14. The molecule has 3 rings (SSSR count). The number of carbonyl (C=O) groups is 1. The molecule has 2 heterocycles. The van der Waals surface area contributed by atoms with Gasteiger partial charge in [0.1, 0.15) is 11.6 Å². The first-order chi connectivity index (χ1) is 14.0. The topological polar surface area (TPSA) is 88.6 Å². The number of hydrogen-bond acceptors (Lipinski definition) is 6. The summed E-state index contributed by atoms with van der Waals surface area (Å²) in [4.78, 5) is 18.6. The molecule has 0 unspecified atom stereocenters. The molecule has 1 amide bonds. The highest BCUT2D eigenvalue weighted by molar-refractivity contribution is 7.92. The molecule has 1 aromatic carbocycles. The fourth-order valence-electron chi connectivity index (χ4n) is 3.20. The highest BCUT2D eigenvalue weighted by atomic mass is 32.2. The van der Waals surface area contributed by atoms with E-state index in [4.69, 9.17) is 4.74 Å². The monoisotopic (exact) mass is 417 g/mol. The van der Waals surface area contributed by atoms with Crippen LogP contribution in [0.4, 0.5) is 5.82 Å². The Balaban J connectivity index is 1.44. The fourth-order valence-corrected chi connectivity index (χ4v) is 4.43. The SMILES string of the molecule is O=C(CS(=O)(=O)CCCc1ccccc1)NCc1ccnc(N2CCOCC2)c1. The number of aromatic nitrogens is 1. The van der Waals surface area contributed by atoms with Gasteiger partial charge in [-0.05, 0) is 36.1 Å². The summed E-state index contributed by atoms with van der Waals surface area (Å²) in [7, 11) is -3.43. The molecular weight excluding hydrogens is 390 g/mol. The molecule has 1 aliphatic heterocycles. The number of pyridine rings is 1. The zero-order chi connectivity index (χ0) is 20.5. The summed E-state index contributed by atoms with van der Waals surface area (Å²) in [6.07, 6.45) is 2.89. The second-order valence-corrected chi connectivity index (χ2v) is 9.26. The Hall–Kier alpha value is -2.45. The van der Waals surface area contributed by atoms with Crippen molar-refractivity contribution in [3.05, 3.63) is 59.8 Å². The van der Waals surface area contributed by atoms with Crippen molar-refractivity contribution < 1.29 is 17.9 Å². The number of carbonyl (C=O) groups excluding carboxylic acids is 1. The van der Waals surface area contributed by atoms with Gasteiger partial charge >= 0.3 is 0 Å². The Kier molecular flexibility index (Phi) is 7.60. The number of nitrogens with one attached hydrogen (secondary N) is 1. The molecule has 1 aromatic heterocycles. The van der Waals surface area contributed by atoms with E-state index in [0.29, 0.717) is 26.1 Å². The third kappa shape index (κ3) is 7.14. The van der Waals surface area contributed by atoms with Gasteiger partial charge in [-0.3, -0.25) is 4.79 Å². The molecule has 0 bridgehead atoms. The van der Waals surface area contributed by atoms with E-state index in [0.717, 1.165) is 30.0 Å². The van der Waals surface area contributed by atoms with Gasteiger partial charge in [-0.25, -0.2) is 13.4 Å². The largest absolute Gasteiger partial charge is 0.378 e. The molecule has 1 fully saturated rings. The van der Waals surface area contributed by atoms with Gasteiger partial charge in [-0.1, -0.05) is 30.3 Å². The van der Waals surface area contributed by atoms with Crippen LogP contribution in [0.1, 0.15) is 17.5 Å². The zero-order valence-electron chi connectivity index (χ0n) is 16.4. The first-order valence-corrected chi connectivity index (χ1v) is 11.6. The lowest BCUT2D eigenvalue weighted by Gasteiger charge is -2.28. The summed E-state index contributed by atoms with van der Waals surface area (Å²) in [6.45, 7) is 3.18. The lowest BCUT2D eigenvalue weighted by molar-refractivity contribution is -0.118. The predicted octanol–water partition coefficient (Wildman–Crippen LogP) is 1.58. The highest BCUT2D eigenvalue weighted by Gasteiger charge is 2.17. The predicted molar refractivity (Wildman–Crippen MR) is 113 cm³/mol. The van der Waals surface area contributed by atoms with E-state index in [1.54, 1.807) is 6.20 Å². The minimum absolute atomic E-state index is 0.00570. The lowest BCUT2D eigenvalue weighted by Crippen LogP contribution is -2.36. The summed E-state index contributed by atoms with van der Waals surface area (Å²) < 4.78 is 29.8. The smallest absolute Gasteiger partial charge is 0.235 e. The van der Waals surface area contributed by atoms with E-state index in [2.05, 4.69) is 15.2 Å². The minimum Gasteiger partial charge on any atom is -0.378 e. The van der Waals surface area contributed by atoms with Gasteiger partial charge in [0.25, 0.3) is 0 Å². The summed E-state index contributed by atoms with van der Waals surface area (Å²) >= 11 is 0. The summed E-state index contributed by atoms with van der Waals surface area (Å²) in [6, 6.07) is 13.5. The van der Waals surface area contributed by atoms with Gasteiger partial charge in [0.2, 0.25) is 5.91 Å². The molecule has 0 atom stereocenters. The number of anilines is 1. The molecule has 1 N–H and O–H groups in total. The number of amides is 1. The van der Waals surface area contributed by atoms with Crippen LogP contribution in [0.2, 0.25) is 0 Å². The minimum atomic E-state index is -3.43. The maximum Gasteiger partial charge on any atom is 0.235 e. The van der Waals surface area contributed by atoms with E-state index in [-0.39, 0.29) is 12.3 Å². The van der Waals surface area contributed by atoms with Crippen molar-refractivity contribution in [1.29, 1.82) is 0 Å². The first-order valence-electron chi connectivity index (χ1n) is 9.80. The number of aryl methyl sites for hydroxylation is 1. The molecule has 2 aromatic rings. The molecule has 0 radical (unpaired) electrons. The molecule has 7 nitrogen and oxygen atoms in total. The van der Waals surface area contributed by atoms with Crippen molar-refractivity contribution >= 4 is 21.6 Å². The number of morpholine rings is 1. The van der Waals surface area contributed by atoms with Crippen molar-refractivity contribution in [1.82, 2.24) is 10.3 Å². The Labute approximate surface area is 172 Å². The second-order valence-electron chi connectivity index (χ2n) is 7.08. The third-order valence-corrected chi connectivity index (χ3v) is 6.36. The maximum atomic E-state index is 12.2. The van der Waals surface area contributed by atoms with Crippen LogP contribution in [-0.2, 0) is 32.3 Å². The summed E-state index contributed by atoms with van der Waals surface area (Å²) in [5, 5.41) is 2.70. The molecule has 1 aliphatic rings. The van der Waals surface area contributed by atoms with Crippen LogP contribution in [0.15, 0.2) is 48.7 Å². The lowest BCUT2D eigenvalue weighted by atomic mass is 10.1. The number of sulfone groups is 1. The average Bonchev–Trinajstić information content (AvgIpc) is 2.73. The van der Waals surface area contributed by atoms with E-state index >= 15 is 0 Å². The van der Waals surface area contributed by atoms with Crippen molar-refractivity contribution in [2.24, 2.45) is 0 Å². The second kappa shape index (κ2) is 10.4. The van der Waals surface area contributed by atoms with Gasteiger partial charge in [-0.2, -0.15) is 0 Å². The van der Waals surface area contributed by atoms with Gasteiger partial charge in [0.15, 0.2) is 9.84 Å². The Morgan fingerprint density at radius 2 is 1.86 bits per heavy atom. The molecule has 29 heavy (non-hydrogen) atoms. The van der Waals surface area contributed by atoms with E-state index in [1.807, 2.05) is 42.5 Å². The molecular formula is C21H27N3O4S. The van der Waals surface area contributed by atoms with Crippen LogP contribution in [0.5, 0.6) is 0 Å². The van der Waals surface area contributed by atoms with Crippen molar-refractivity contribution in [2.75, 3.05) is 42.7 Å². The van der Waals surface area contributed by atoms with Crippen molar-refractivity contribution in [3.8, 4) is 0 Å². The zero-order valence-corrected chi connectivity index (χ0v) is 17.2. The molecule has 0 aliphatic carbocycles. The third-order valence-electron chi connectivity index (χ3n) is 4.75. The number of rotatable bonds is 9. The quantitative estimate of drug-likeness (QED) is 0.667. The average molecular weight is 418 g/mol. The Bertz CT molecular complexity index is 897. The van der Waals surface area contributed by atoms with Gasteiger partial charge < -0.3 is 15.0 Å². The number of hydrogen-bond donors (Lipinski definition) is 1.